The minimum Gasteiger partial charge on any atom is -1.00 e. The molecule has 0 atom stereocenters. The van der Waals surface area contributed by atoms with Crippen LogP contribution in [-0.4, -0.2) is 13.0 Å². The molecule has 0 fully saturated rings. The van der Waals surface area contributed by atoms with Crippen molar-refractivity contribution in [2.75, 3.05) is 0 Å². The van der Waals surface area contributed by atoms with Crippen LogP contribution in [0.3, 0.4) is 0 Å². The van der Waals surface area contributed by atoms with E-state index in [-0.39, 0.29) is 20.3 Å². The fourth-order valence-corrected chi connectivity index (χ4v) is 0.141. The van der Waals surface area contributed by atoms with Crippen molar-refractivity contribution in [3.63, 3.8) is 0 Å². The standard InChI is InChI=1S/CHNO4S.Li.H/c2-1-6-7(3,4)5;;/h(H,3,4,5);;/q;+1;-1. The quantitative estimate of drug-likeness (QED) is 0.226. The molecule has 0 aromatic heterocycles. The number of rotatable bonds is 1. The summed E-state index contributed by atoms with van der Waals surface area (Å²) in [6.07, 6.45) is 0.770. The fourth-order valence-electron chi connectivity index (χ4n) is 0.0471. The largest absolute Gasteiger partial charge is 1.00 e. The smallest absolute Gasteiger partial charge is 1.00 e. The maximum atomic E-state index is 9.34. The molecular weight excluding hydrogens is 129 g/mol. The first-order valence-electron chi connectivity index (χ1n) is 1.11. The Morgan fingerprint density at radius 1 is 1.75 bits per heavy atom. The van der Waals surface area contributed by atoms with Gasteiger partial charge in [-0.3, -0.25) is 8.74 Å². The van der Waals surface area contributed by atoms with Gasteiger partial charge in [-0.1, -0.05) is 0 Å². The van der Waals surface area contributed by atoms with Crippen molar-refractivity contribution in [1.82, 2.24) is 0 Å². The summed E-state index contributed by atoms with van der Waals surface area (Å²) in [6, 6.07) is 0. The van der Waals surface area contributed by atoms with E-state index in [0.717, 1.165) is 6.26 Å². The van der Waals surface area contributed by atoms with Gasteiger partial charge >= 0.3 is 35.5 Å². The second-order valence-corrected chi connectivity index (χ2v) is 1.62. The molecule has 0 bridgehead atoms. The van der Waals surface area contributed by atoms with Crippen LogP contribution in [0.15, 0.2) is 0 Å². The van der Waals surface area contributed by atoms with E-state index in [2.05, 4.69) is 4.18 Å². The minimum absolute atomic E-state index is 0. The summed E-state index contributed by atoms with van der Waals surface area (Å²) in [7, 11) is -4.54. The van der Waals surface area contributed by atoms with Crippen LogP contribution >= 0.6 is 0 Å². The molecular formula is CH2LiNO4S. The van der Waals surface area contributed by atoms with Gasteiger partial charge in [-0.15, -0.1) is 5.26 Å². The Kier molecular flexibility index (Phi) is 5.03. The van der Waals surface area contributed by atoms with E-state index in [1.165, 1.54) is 0 Å². The molecule has 0 aromatic carbocycles. The first kappa shape index (κ1) is 10.7. The predicted octanol–water partition coefficient (Wildman–Crippen LogP) is -3.60. The van der Waals surface area contributed by atoms with Gasteiger partial charge in [0.1, 0.15) is 0 Å². The maximum Gasteiger partial charge on any atom is 1.00 e. The summed E-state index contributed by atoms with van der Waals surface area (Å²) in [5.74, 6) is 0. The molecule has 1 N–H and O–H groups in total. The Labute approximate surface area is 59.9 Å². The van der Waals surface area contributed by atoms with Gasteiger partial charge in [-0.25, -0.2) is 0 Å². The Balaban J connectivity index is -0.000000180. The number of hydrogen-bond acceptors (Lipinski definition) is 4. The molecule has 0 aliphatic carbocycles. The van der Waals surface area contributed by atoms with Gasteiger partial charge in [0.2, 0.25) is 0 Å². The van der Waals surface area contributed by atoms with E-state index < -0.39 is 10.4 Å². The molecule has 0 saturated carbocycles. The van der Waals surface area contributed by atoms with Gasteiger partial charge in [0.15, 0.2) is 0 Å². The van der Waals surface area contributed by atoms with Crippen molar-refractivity contribution in [3.8, 4) is 6.26 Å². The maximum absolute atomic E-state index is 9.34. The molecule has 0 aliphatic heterocycles. The molecule has 0 spiro atoms. The fraction of sp³-hybridized carbons (Fsp3) is 0. The topological polar surface area (TPSA) is 87.4 Å². The number of nitrogens with zero attached hydrogens (tertiary/aromatic N) is 1. The predicted molar refractivity (Wildman–Crippen MR) is 19.4 cm³/mol. The summed E-state index contributed by atoms with van der Waals surface area (Å²) in [5.41, 5.74) is 0. The van der Waals surface area contributed by atoms with E-state index in [9.17, 15) is 8.42 Å². The average molecular weight is 131 g/mol. The van der Waals surface area contributed by atoms with Crippen LogP contribution in [0.4, 0.5) is 0 Å². The Morgan fingerprint density at radius 2 is 2.12 bits per heavy atom. The van der Waals surface area contributed by atoms with Gasteiger partial charge in [0.25, 0.3) is 0 Å². The van der Waals surface area contributed by atoms with E-state index >= 15 is 0 Å². The van der Waals surface area contributed by atoms with Gasteiger partial charge in [0.05, 0.1) is 0 Å². The number of hydrogen-bond donors (Lipinski definition) is 1. The second kappa shape index (κ2) is 3.76. The summed E-state index contributed by atoms with van der Waals surface area (Å²) >= 11 is 0. The molecule has 0 aromatic rings. The van der Waals surface area contributed by atoms with Crippen molar-refractivity contribution in [2.24, 2.45) is 0 Å². The molecule has 0 aliphatic rings. The molecule has 0 rings (SSSR count). The van der Waals surface area contributed by atoms with E-state index in [1.807, 2.05) is 0 Å². The third-order valence-electron chi connectivity index (χ3n) is 0.143. The normalized spacial score (nSPS) is 8.50. The zero-order chi connectivity index (χ0) is 5.91. The Hall–Kier alpha value is -0.203. The van der Waals surface area contributed by atoms with Crippen LogP contribution < -0.4 is 18.9 Å². The molecule has 5 nitrogen and oxygen atoms in total. The monoisotopic (exact) mass is 131 g/mol. The van der Waals surface area contributed by atoms with Gasteiger partial charge in [-0.2, -0.15) is 8.42 Å². The summed E-state index contributed by atoms with van der Waals surface area (Å²) < 4.78 is 29.3. The minimum atomic E-state index is -4.54. The molecule has 8 heavy (non-hydrogen) atoms. The second-order valence-electron chi connectivity index (χ2n) is 0.602. The van der Waals surface area contributed by atoms with Crippen LogP contribution in [0.2, 0.25) is 0 Å². The SMILES string of the molecule is N#COS(=O)(=O)O.[H-].[Li+]. The van der Waals surface area contributed by atoms with Gasteiger partial charge in [-0.05, 0) is 0 Å². The number of nitriles is 1. The van der Waals surface area contributed by atoms with Crippen LogP contribution in [0.5, 0.6) is 0 Å². The van der Waals surface area contributed by atoms with Crippen LogP contribution in [0.1, 0.15) is 1.43 Å². The van der Waals surface area contributed by atoms with Crippen LogP contribution in [0.25, 0.3) is 0 Å². The van der Waals surface area contributed by atoms with Crippen molar-refractivity contribution in [3.05, 3.63) is 0 Å². The van der Waals surface area contributed by atoms with Crippen LogP contribution in [0, 0.1) is 11.5 Å². The van der Waals surface area contributed by atoms with Crippen molar-refractivity contribution < 1.29 is 37.4 Å². The molecule has 0 saturated heterocycles. The summed E-state index contributed by atoms with van der Waals surface area (Å²) in [4.78, 5) is 0. The zero-order valence-corrected chi connectivity index (χ0v) is 4.84. The molecule has 0 amide bonds. The Morgan fingerprint density at radius 3 is 2.12 bits per heavy atom. The molecule has 42 valence electrons. The molecule has 0 heterocycles. The van der Waals surface area contributed by atoms with Gasteiger partial charge in [0, 0.05) is 0 Å². The van der Waals surface area contributed by atoms with Gasteiger partial charge < -0.3 is 1.43 Å². The third kappa shape index (κ3) is 9.25. The van der Waals surface area contributed by atoms with E-state index in [4.69, 9.17) is 9.81 Å². The first-order valence-corrected chi connectivity index (χ1v) is 2.48. The summed E-state index contributed by atoms with van der Waals surface area (Å²) in [5, 5.41) is 7.39. The molecule has 0 unspecified atom stereocenters. The summed E-state index contributed by atoms with van der Waals surface area (Å²) in [6.45, 7) is 0. The average Bonchev–Trinajstić information content (AvgIpc) is 1.30. The third-order valence-corrected chi connectivity index (χ3v) is 0.428. The van der Waals surface area contributed by atoms with E-state index in [0.29, 0.717) is 0 Å². The van der Waals surface area contributed by atoms with Crippen molar-refractivity contribution in [1.29, 1.82) is 5.26 Å². The van der Waals surface area contributed by atoms with E-state index in [1.54, 1.807) is 0 Å². The zero-order valence-electron chi connectivity index (χ0n) is 5.03. The van der Waals surface area contributed by atoms with Crippen LogP contribution in [-0.2, 0) is 14.6 Å². The van der Waals surface area contributed by atoms with Crippen molar-refractivity contribution >= 4 is 10.4 Å². The Bertz CT molecular complexity index is 181. The molecule has 7 heteroatoms. The van der Waals surface area contributed by atoms with Crippen molar-refractivity contribution in [2.45, 2.75) is 0 Å². The first-order chi connectivity index (χ1) is 3.06. The molecule has 0 radical (unpaired) electrons.